The number of hydrogen-bond acceptors (Lipinski definition) is 4. The Kier molecular flexibility index (Phi) is 4.02. The molecule has 5 nitrogen and oxygen atoms in total. The lowest BCUT2D eigenvalue weighted by Gasteiger charge is -2.00. The van der Waals surface area contributed by atoms with E-state index in [1.165, 1.54) is 0 Å². The number of ketones is 1. The summed E-state index contributed by atoms with van der Waals surface area (Å²) < 4.78 is 0. The fourth-order valence-corrected chi connectivity index (χ4v) is 1.11. The van der Waals surface area contributed by atoms with Crippen LogP contribution in [0.15, 0.2) is 36.2 Å². The van der Waals surface area contributed by atoms with Gasteiger partial charge in [0.25, 0.3) is 0 Å². The quantitative estimate of drug-likeness (QED) is 0.498. The molecular weight excluding hydrogens is 232 g/mol. The number of allylic oxidation sites excluding steroid dienone is 1. The molecule has 6 heteroatoms. The van der Waals surface area contributed by atoms with Crippen LogP contribution < -0.4 is 5.32 Å². The summed E-state index contributed by atoms with van der Waals surface area (Å²) in [6, 6.07) is 6.57. The van der Waals surface area contributed by atoms with Crippen molar-refractivity contribution < 1.29 is 9.72 Å². The number of nitrogens with zero attached hydrogens (tertiary/aromatic N) is 1. The smallest absolute Gasteiger partial charge is 0.327 e. The number of carbonyl (C=O) groups is 1. The second kappa shape index (κ2) is 5.27. The van der Waals surface area contributed by atoms with Gasteiger partial charge in [-0.3, -0.25) is 14.9 Å². The summed E-state index contributed by atoms with van der Waals surface area (Å²) in [6.07, 6.45) is 1.06. The van der Waals surface area contributed by atoms with E-state index in [2.05, 4.69) is 5.32 Å². The minimum atomic E-state index is -0.731. The van der Waals surface area contributed by atoms with Gasteiger partial charge in [-0.2, -0.15) is 0 Å². The summed E-state index contributed by atoms with van der Waals surface area (Å²) in [4.78, 5) is 20.6. The lowest BCUT2D eigenvalue weighted by Crippen LogP contribution is -2.09. The van der Waals surface area contributed by atoms with Gasteiger partial charge in [0.05, 0.1) is 11.1 Å². The van der Waals surface area contributed by atoms with Gasteiger partial charge in [0.1, 0.15) is 0 Å². The second-order valence-electron chi connectivity index (χ2n) is 2.99. The summed E-state index contributed by atoms with van der Waals surface area (Å²) in [5.74, 6) is -0.605. The van der Waals surface area contributed by atoms with Crippen LogP contribution in [0.1, 0.15) is 6.92 Å². The Morgan fingerprint density at radius 1 is 1.44 bits per heavy atom. The van der Waals surface area contributed by atoms with E-state index in [-0.39, 0.29) is 0 Å². The molecule has 84 valence electrons. The van der Waals surface area contributed by atoms with E-state index >= 15 is 0 Å². The van der Waals surface area contributed by atoms with E-state index in [0.717, 1.165) is 13.1 Å². The average Bonchev–Trinajstić information content (AvgIpc) is 2.20. The number of halogens is 1. The molecule has 1 rings (SSSR count). The SMILES string of the molecule is CC(=O)/C(=C\Nc1ccc(Cl)cc1)[N+](=O)[O-]. The van der Waals surface area contributed by atoms with Crippen LogP contribution in [0.25, 0.3) is 0 Å². The van der Waals surface area contributed by atoms with Crippen LogP contribution >= 0.6 is 11.6 Å². The zero-order valence-electron chi connectivity index (χ0n) is 8.44. The van der Waals surface area contributed by atoms with Gasteiger partial charge in [-0.1, -0.05) is 11.6 Å². The fraction of sp³-hybridized carbons (Fsp3) is 0.100. The summed E-state index contributed by atoms with van der Waals surface area (Å²) in [5, 5.41) is 13.7. The van der Waals surface area contributed by atoms with Crippen molar-refractivity contribution in [1.82, 2.24) is 0 Å². The van der Waals surface area contributed by atoms with Crippen molar-refractivity contribution in [2.75, 3.05) is 5.32 Å². The van der Waals surface area contributed by atoms with Crippen LogP contribution in [-0.2, 0) is 4.79 Å². The van der Waals surface area contributed by atoms with Crippen molar-refractivity contribution in [3.05, 3.63) is 51.3 Å². The fourth-order valence-electron chi connectivity index (χ4n) is 0.981. The van der Waals surface area contributed by atoms with E-state index in [1.54, 1.807) is 24.3 Å². The molecule has 0 aliphatic heterocycles. The molecule has 0 aliphatic carbocycles. The molecule has 0 atom stereocenters. The van der Waals surface area contributed by atoms with Gasteiger partial charge in [-0.15, -0.1) is 0 Å². The van der Waals surface area contributed by atoms with Crippen molar-refractivity contribution in [1.29, 1.82) is 0 Å². The molecule has 0 saturated heterocycles. The lowest BCUT2D eigenvalue weighted by molar-refractivity contribution is -0.418. The number of nitro groups is 1. The van der Waals surface area contributed by atoms with Gasteiger partial charge in [-0.05, 0) is 24.3 Å². The van der Waals surface area contributed by atoms with Crippen LogP contribution in [-0.4, -0.2) is 10.7 Å². The topological polar surface area (TPSA) is 72.2 Å². The number of rotatable bonds is 4. The monoisotopic (exact) mass is 240 g/mol. The first kappa shape index (κ1) is 12.2. The summed E-state index contributed by atoms with van der Waals surface area (Å²) in [6.45, 7) is 1.14. The number of hydrogen-bond donors (Lipinski definition) is 1. The normalized spacial score (nSPS) is 11.0. The molecule has 0 unspecified atom stereocenters. The Hall–Kier alpha value is -1.88. The third kappa shape index (κ3) is 3.36. The van der Waals surface area contributed by atoms with Crippen molar-refractivity contribution >= 4 is 23.1 Å². The molecule has 1 N–H and O–H groups in total. The Balaban J connectivity index is 2.81. The van der Waals surface area contributed by atoms with E-state index in [1.807, 2.05) is 0 Å². The van der Waals surface area contributed by atoms with Gasteiger partial charge < -0.3 is 5.32 Å². The number of carbonyl (C=O) groups excluding carboxylic acids is 1. The number of Topliss-reactive ketones (excluding diaryl/α,β-unsaturated/α-hetero) is 1. The van der Waals surface area contributed by atoms with Crippen LogP contribution in [0, 0.1) is 10.1 Å². The predicted molar refractivity (Wildman–Crippen MR) is 60.8 cm³/mol. The maximum absolute atomic E-state index is 10.9. The van der Waals surface area contributed by atoms with Gasteiger partial charge in [0, 0.05) is 17.6 Å². The number of anilines is 1. The predicted octanol–water partition coefficient (Wildman–Crippen LogP) is 2.46. The van der Waals surface area contributed by atoms with E-state index in [0.29, 0.717) is 10.7 Å². The maximum atomic E-state index is 10.9. The molecule has 1 aromatic carbocycles. The molecule has 0 aromatic heterocycles. The van der Waals surface area contributed by atoms with Gasteiger partial charge in [-0.25, -0.2) is 0 Å². The molecule has 0 radical (unpaired) electrons. The van der Waals surface area contributed by atoms with Gasteiger partial charge >= 0.3 is 5.70 Å². The molecule has 16 heavy (non-hydrogen) atoms. The highest BCUT2D eigenvalue weighted by Gasteiger charge is 2.15. The molecule has 0 spiro atoms. The van der Waals surface area contributed by atoms with Crippen molar-refractivity contribution in [3.63, 3.8) is 0 Å². The lowest BCUT2D eigenvalue weighted by atomic mass is 10.3. The Morgan fingerprint density at radius 3 is 2.44 bits per heavy atom. The molecule has 0 saturated carbocycles. The first-order valence-corrected chi connectivity index (χ1v) is 4.76. The highest BCUT2D eigenvalue weighted by molar-refractivity contribution is 6.30. The Morgan fingerprint density at radius 2 is 2.00 bits per heavy atom. The third-order valence-corrected chi connectivity index (χ3v) is 2.03. The van der Waals surface area contributed by atoms with E-state index < -0.39 is 16.4 Å². The largest absolute Gasteiger partial charge is 0.356 e. The van der Waals surface area contributed by atoms with E-state index in [9.17, 15) is 14.9 Å². The Bertz CT molecular complexity index is 424. The standard InChI is InChI=1S/C10H9ClN2O3/c1-7(14)10(13(15)16)6-12-9-4-2-8(11)3-5-9/h2-6,12H,1H3/b10-6+. The second-order valence-corrected chi connectivity index (χ2v) is 3.43. The first-order chi connectivity index (χ1) is 7.50. The summed E-state index contributed by atoms with van der Waals surface area (Å²) in [7, 11) is 0. The minimum absolute atomic E-state index is 0.491. The zero-order valence-corrected chi connectivity index (χ0v) is 9.19. The van der Waals surface area contributed by atoms with E-state index in [4.69, 9.17) is 11.6 Å². The maximum Gasteiger partial charge on any atom is 0.327 e. The number of benzene rings is 1. The summed E-state index contributed by atoms with van der Waals surface area (Å²) in [5.41, 5.74) is 0.125. The minimum Gasteiger partial charge on any atom is -0.356 e. The molecule has 0 bridgehead atoms. The van der Waals surface area contributed by atoms with Crippen molar-refractivity contribution in [3.8, 4) is 0 Å². The average molecular weight is 241 g/mol. The highest BCUT2D eigenvalue weighted by atomic mass is 35.5. The molecule has 1 aromatic rings. The third-order valence-electron chi connectivity index (χ3n) is 1.78. The summed E-state index contributed by atoms with van der Waals surface area (Å²) >= 11 is 5.67. The molecule has 0 aliphatic rings. The molecule has 0 fully saturated rings. The molecule has 0 heterocycles. The van der Waals surface area contributed by atoms with Crippen molar-refractivity contribution in [2.45, 2.75) is 6.92 Å². The zero-order chi connectivity index (χ0) is 12.1. The molecular formula is C10H9ClN2O3. The van der Waals surface area contributed by atoms with Crippen LogP contribution in [0.3, 0.4) is 0 Å². The van der Waals surface area contributed by atoms with Crippen LogP contribution in [0.2, 0.25) is 5.02 Å². The Labute approximate surface area is 96.9 Å². The highest BCUT2D eigenvalue weighted by Crippen LogP contribution is 2.13. The van der Waals surface area contributed by atoms with Crippen LogP contribution in [0.5, 0.6) is 0 Å². The first-order valence-electron chi connectivity index (χ1n) is 4.38. The van der Waals surface area contributed by atoms with Crippen molar-refractivity contribution in [2.24, 2.45) is 0 Å². The number of nitrogens with one attached hydrogen (secondary N) is 1. The van der Waals surface area contributed by atoms with Gasteiger partial charge in [0.15, 0.2) is 0 Å². The van der Waals surface area contributed by atoms with Crippen LogP contribution in [0.4, 0.5) is 5.69 Å². The molecule has 0 amide bonds. The van der Waals surface area contributed by atoms with Gasteiger partial charge in [0.2, 0.25) is 5.78 Å².